The molecule has 6 nitrogen and oxygen atoms in total. The van der Waals surface area contributed by atoms with Crippen LogP contribution in [0.4, 0.5) is 5.69 Å². The van der Waals surface area contributed by atoms with E-state index in [1.807, 2.05) is 78.2 Å². The molecular weight excluding hydrogens is 575 g/mol. The molecule has 0 spiro atoms. The predicted octanol–water partition coefficient (Wildman–Crippen LogP) is 8.37. The number of nitriles is 1. The zero-order valence-electron chi connectivity index (χ0n) is 23.5. The van der Waals surface area contributed by atoms with Crippen LogP contribution in [0, 0.1) is 11.3 Å². The summed E-state index contributed by atoms with van der Waals surface area (Å²) in [5.74, 6) is 0.353. The summed E-state index contributed by atoms with van der Waals surface area (Å²) in [6.45, 7) is 1.78. The molecule has 43 heavy (non-hydrogen) atoms. The number of methoxy groups -OCH3 is 1. The van der Waals surface area contributed by atoms with E-state index in [9.17, 15) is 14.9 Å². The quantitative estimate of drug-likeness (QED) is 0.0982. The normalized spacial score (nSPS) is 11.6. The number of nitrogens with zero attached hydrogens (tertiary/aromatic N) is 2. The standard InChI is InChI=1S/C35H27N3O3S2/c1-23(34(40)37-27-14-10-26(11-15-27)33(39)19-18-29-9-6-20-42-29)43-35-31(22-36)30(24-12-16-28(41-2)17-13-24)21-32(38-35)25-7-4-3-5-8-25/h3-21,23H,1-2H3,(H,37,40)/b19-18+/t23-/m0/s1. The van der Waals surface area contributed by atoms with Crippen molar-refractivity contribution in [3.63, 3.8) is 0 Å². The summed E-state index contributed by atoms with van der Waals surface area (Å²) in [5, 5.41) is 15.0. The first-order valence-electron chi connectivity index (χ1n) is 13.4. The van der Waals surface area contributed by atoms with Gasteiger partial charge in [-0.05, 0) is 78.6 Å². The van der Waals surface area contributed by atoms with E-state index in [1.165, 1.54) is 11.8 Å². The van der Waals surface area contributed by atoms with Crippen LogP contribution in [0.2, 0.25) is 0 Å². The first-order chi connectivity index (χ1) is 20.9. The molecule has 0 unspecified atom stereocenters. The van der Waals surface area contributed by atoms with Gasteiger partial charge in [0, 0.05) is 27.3 Å². The molecule has 0 saturated heterocycles. The number of carbonyl (C=O) groups excluding carboxylic acids is 2. The van der Waals surface area contributed by atoms with Crippen molar-refractivity contribution >= 4 is 46.6 Å². The molecule has 3 aromatic carbocycles. The van der Waals surface area contributed by atoms with Gasteiger partial charge in [0.05, 0.1) is 23.6 Å². The van der Waals surface area contributed by atoms with E-state index in [0.29, 0.717) is 33.3 Å². The van der Waals surface area contributed by atoms with Crippen molar-refractivity contribution < 1.29 is 14.3 Å². The molecule has 0 aliphatic rings. The van der Waals surface area contributed by atoms with E-state index in [4.69, 9.17) is 9.72 Å². The number of anilines is 1. The second kappa shape index (κ2) is 13.8. The van der Waals surface area contributed by atoms with Crippen molar-refractivity contribution in [2.24, 2.45) is 0 Å². The highest BCUT2D eigenvalue weighted by Crippen LogP contribution is 2.36. The number of thioether (sulfide) groups is 1. The van der Waals surface area contributed by atoms with Crippen LogP contribution in [-0.2, 0) is 4.79 Å². The van der Waals surface area contributed by atoms with Gasteiger partial charge < -0.3 is 10.1 Å². The van der Waals surface area contributed by atoms with Crippen LogP contribution in [-0.4, -0.2) is 29.0 Å². The fourth-order valence-corrected chi connectivity index (χ4v) is 5.84. The molecule has 0 fully saturated rings. The number of ether oxygens (including phenoxy) is 1. The Morgan fingerprint density at radius 2 is 1.72 bits per heavy atom. The van der Waals surface area contributed by atoms with Crippen molar-refractivity contribution in [2.45, 2.75) is 17.2 Å². The second-order valence-corrected chi connectivity index (χ2v) is 11.8. The Kier molecular flexibility index (Phi) is 9.47. The molecule has 212 valence electrons. The third-order valence-electron chi connectivity index (χ3n) is 6.61. The minimum atomic E-state index is -0.565. The summed E-state index contributed by atoms with van der Waals surface area (Å²) in [6.07, 6.45) is 3.33. The number of thiophene rings is 1. The Labute approximate surface area is 258 Å². The van der Waals surface area contributed by atoms with E-state index < -0.39 is 5.25 Å². The number of hydrogen-bond donors (Lipinski definition) is 1. The number of pyridine rings is 1. The van der Waals surface area contributed by atoms with Gasteiger partial charge >= 0.3 is 0 Å². The lowest BCUT2D eigenvalue weighted by Crippen LogP contribution is -2.22. The lowest BCUT2D eigenvalue weighted by atomic mass is 9.99. The van der Waals surface area contributed by atoms with E-state index in [0.717, 1.165) is 21.6 Å². The van der Waals surface area contributed by atoms with Gasteiger partial charge in [-0.1, -0.05) is 60.3 Å². The van der Waals surface area contributed by atoms with Crippen molar-refractivity contribution in [1.82, 2.24) is 4.98 Å². The van der Waals surface area contributed by atoms with E-state index in [2.05, 4.69) is 11.4 Å². The fraction of sp³-hybridized carbons (Fsp3) is 0.0857. The maximum Gasteiger partial charge on any atom is 0.237 e. The summed E-state index contributed by atoms with van der Waals surface area (Å²) in [7, 11) is 1.61. The largest absolute Gasteiger partial charge is 0.497 e. The Hall–Kier alpha value is -4.97. The first kappa shape index (κ1) is 29.5. The highest BCUT2D eigenvalue weighted by atomic mass is 32.2. The third-order valence-corrected chi connectivity index (χ3v) is 8.53. The molecule has 0 saturated carbocycles. The molecular formula is C35H27N3O3S2. The maximum absolute atomic E-state index is 13.2. The number of ketones is 1. The number of carbonyl (C=O) groups is 2. The molecule has 0 bridgehead atoms. The minimum absolute atomic E-state index is 0.115. The summed E-state index contributed by atoms with van der Waals surface area (Å²) >= 11 is 2.79. The SMILES string of the molecule is COc1ccc(-c2cc(-c3ccccc3)nc(S[C@@H](C)C(=O)Nc3ccc(C(=O)/C=C/c4cccs4)cc3)c2C#N)cc1. The predicted molar refractivity (Wildman–Crippen MR) is 174 cm³/mol. The van der Waals surface area contributed by atoms with Crippen molar-refractivity contribution in [2.75, 3.05) is 12.4 Å². The summed E-state index contributed by atoms with van der Waals surface area (Å²) in [5.41, 5.74) is 4.67. The average Bonchev–Trinajstić information content (AvgIpc) is 3.58. The number of amides is 1. The van der Waals surface area contributed by atoms with Gasteiger partial charge in [0.1, 0.15) is 16.8 Å². The van der Waals surface area contributed by atoms with Gasteiger partial charge in [-0.3, -0.25) is 9.59 Å². The van der Waals surface area contributed by atoms with Crippen LogP contribution >= 0.6 is 23.1 Å². The van der Waals surface area contributed by atoms with Crippen LogP contribution in [0.15, 0.2) is 114 Å². The molecule has 0 radical (unpaired) electrons. The maximum atomic E-state index is 13.2. The average molecular weight is 602 g/mol. The third kappa shape index (κ3) is 7.28. The Morgan fingerprint density at radius 1 is 0.977 bits per heavy atom. The number of nitrogens with one attached hydrogen (secondary N) is 1. The van der Waals surface area contributed by atoms with Gasteiger partial charge in [0.15, 0.2) is 5.78 Å². The van der Waals surface area contributed by atoms with Gasteiger partial charge in [0.25, 0.3) is 0 Å². The summed E-state index contributed by atoms with van der Waals surface area (Å²) in [6, 6.07) is 32.1. The second-order valence-electron chi connectivity index (χ2n) is 9.48. The lowest BCUT2D eigenvalue weighted by molar-refractivity contribution is -0.115. The highest BCUT2D eigenvalue weighted by molar-refractivity contribution is 8.00. The Bertz CT molecular complexity index is 1790. The van der Waals surface area contributed by atoms with Gasteiger partial charge in [-0.15, -0.1) is 11.3 Å². The van der Waals surface area contributed by atoms with Crippen molar-refractivity contribution in [3.8, 4) is 34.2 Å². The summed E-state index contributed by atoms with van der Waals surface area (Å²) < 4.78 is 5.30. The fourth-order valence-electron chi connectivity index (χ4n) is 4.29. The van der Waals surface area contributed by atoms with Gasteiger partial charge in [0.2, 0.25) is 5.91 Å². The van der Waals surface area contributed by atoms with Crippen LogP contribution in [0.5, 0.6) is 5.75 Å². The minimum Gasteiger partial charge on any atom is -0.497 e. The number of allylic oxidation sites excluding steroid dienone is 1. The molecule has 1 amide bonds. The molecule has 2 aromatic heterocycles. The molecule has 0 aliphatic heterocycles. The smallest absolute Gasteiger partial charge is 0.237 e. The van der Waals surface area contributed by atoms with Crippen LogP contribution < -0.4 is 10.1 Å². The number of aromatic nitrogens is 1. The molecule has 5 rings (SSSR count). The molecule has 2 heterocycles. The van der Waals surface area contributed by atoms with Gasteiger partial charge in [-0.2, -0.15) is 5.26 Å². The van der Waals surface area contributed by atoms with Crippen molar-refractivity contribution in [1.29, 1.82) is 5.26 Å². The molecule has 8 heteroatoms. The van der Waals surface area contributed by atoms with E-state index in [1.54, 1.807) is 61.8 Å². The van der Waals surface area contributed by atoms with Crippen LogP contribution in [0.3, 0.4) is 0 Å². The lowest BCUT2D eigenvalue weighted by Gasteiger charge is -2.16. The summed E-state index contributed by atoms with van der Waals surface area (Å²) in [4.78, 5) is 31.6. The van der Waals surface area contributed by atoms with E-state index >= 15 is 0 Å². The molecule has 1 atom stereocenters. The zero-order valence-corrected chi connectivity index (χ0v) is 25.1. The molecule has 1 N–H and O–H groups in total. The van der Waals surface area contributed by atoms with E-state index in [-0.39, 0.29) is 11.7 Å². The first-order valence-corrected chi connectivity index (χ1v) is 15.2. The highest BCUT2D eigenvalue weighted by Gasteiger charge is 2.22. The van der Waals surface area contributed by atoms with Crippen LogP contribution in [0.1, 0.15) is 27.7 Å². The number of hydrogen-bond acceptors (Lipinski definition) is 7. The van der Waals surface area contributed by atoms with Crippen LogP contribution in [0.25, 0.3) is 28.5 Å². The van der Waals surface area contributed by atoms with Gasteiger partial charge in [-0.25, -0.2) is 4.98 Å². The molecule has 0 aliphatic carbocycles. The number of benzene rings is 3. The zero-order chi connectivity index (χ0) is 30.2. The molecule has 5 aromatic rings. The Morgan fingerprint density at radius 3 is 2.37 bits per heavy atom. The Balaban J connectivity index is 1.36. The monoisotopic (exact) mass is 601 g/mol. The van der Waals surface area contributed by atoms with Crippen molar-refractivity contribution in [3.05, 3.63) is 125 Å². The number of rotatable bonds is 10. The topological polar surface area (TPSA) is 92.1 Å².